The number of likely N-dealkylation sites (tertiary alicyclic amines) is 3. The number of fused-ring (bicyclic) bond motifs is 4. The molecule has 0 aliphatic carbocycles. The molecule has 142 heavy (non-hydrogen) atoms. The first-order valence-electron chi connectivity index (χ1n) is 47.6. The molecular weight excluding hydrogens is 1820 g/mol. The second-order valence-corrected chi connectivity index (χ2v) is 35.1. The molecule has 0 bridgehead atoms. The molecule has 3 fully saturated rings. The molecule has 16 aromatic rings. The van der Waals surface area contributed by atoms with Gasteiger partial charge in [0.25, 0.3) is 0 Å². The van der Waals surface area contributed by atoms with Gasteiger partial charge in [0, 0.05) is 219 Å². The number of carbonyl (C=O) groups is 1. The van der Waals surface area contributed by atoms with Crippen LogP contribution in [0.25, 0.3) is 89.2 Å². The van der Waals surface area contributed by atoms with Gasteiger partial charge >= 0.3 is 5.97 Å². The largest absolute Gasteiger partial charge is 0.497 e. The van der Waals surface area contributed by atoms with E-state index in [4.69, 9.17) is 58.2 Å². The molecule has 3 aliphatic heterocycles. The van der Waals surface area contributed by atoms with Crippen LogP contribution < -0.4 is 52.8 Å². The Balaban J connectivity index is 0.000000143. The summed E-state index contributed by atoms with van der Waals surface area (Å²) in [5.74, 6) is 4.48. The highest BCUT2D eigenvalue weighted by atomic mass is 32.1. The topological polar surface area (TPSA) is 339 Å². The molecule has 1 unspecified atom stereocenters. The fourth-order valence-electron chi connectivity index (χ4n) is 17.9. The number of aliphatic hydroxyl groups excluding tert-OH is 2. The Hall–Kier alpha value is -14.7. The van der Waals surface area contributed by atoms with E-state index < -0.39 is 12.0 Å². The minimum atomic E-state index is -0.768. The molecule has 3 saturated heterocycles. The number of carboxylic acid groups (broad SMARTS) is 1. The molecule has 11 heterocycles. The van der Waals surface area contributed by atoms with E-state index in [2.05, 4.69) is 120 Å². The highest BCUT2D eigenvalue weighted by Crippen LogP contribution is 2.41. The van der Waals surface area contributed by atoms with Crippen LogP contribution >= 0.6 is 13.5 Å². The van der Waals surface area contributed by atoms with Gasteiger partial charge in [-0.25, -0.2) is 24.3 Å². The number of aliphatic hydroxyl groups is 2. The quantitative estimate of drug-likeness (QED) is 0.0325. The van der Waals surface area contributed by atoms with Gasteiger partial charge in [-0.1, -0.05) is 20.3 Å². The number of aliphatic carboxylic acids is 1. The number of carboxylic acids is 1. The van der Waals surface area contributed by atoms with Crippen LogP contribution in [0, 0.1) is 11.7 Å². The smallest absolute Gasteiger partial charge is 0.320 e. The van der Waals surface area contributed by atoms with Gasteiger partial charge < -0.3 is 77.9 Å². The molecule has 19 rings (SSSR count). The van der Waals surface area contributed by atoms with E-state index >= 15 is 0 Å². The van der Waals surface area contributed by atoms with Gasteiger partial charge in [-0.05, 0) is 162 Å². The maximum atomic E-state index is 14.2. The fourth-order valence-corrected chi connectivity index (χ4v) is 17.9. The minimum Gasteiger partial charge on any atom is -0.497 e. The monoisotopic (exact) mass is 1950 g/mol. The van der Waals surface area contributed by atoms with E-state index in [1.54, 1.807) is 105 Å². The zero-order valence-electron chi connectivity index (χ0n) is 82.2. The lowest BCUT2D eigenvalue weighted by Crippen LogP contribution is -2.40. The van der Waals surface area contributed by atoms with Gasteiger partial charge in [-0.3, -0.25) is 48.4 Å². The predicted molar refractivity (Wildman–Crippen MR) is 557 cm³/mol. The zero-order valence-corrected chi connectivity index (χ0v) is 83.2. The molecule has 34 nitrogen and oxygen atoms in total. The molecule has 0 spiro atoms. The van der Waals surface area contributed by atoms with Crippen LogP contribution in [-0.4, -0.2) is 263 Å². The van der Waals surface area contributed by atoms with Crippen molar-refractivity contribution >= 4 is 109 Å². The highest BCUT2D eigenvalue weighted by Gasteiger charge is 2.32. The van der Waals surface area contributed by atoms with Crippen LogP contribution in [-0.2, 0) is 32.0 Å². The maximum absolute atomic E-state index is 14.2. The Kier molecular flexibility index (Phi) is 34.7. The van der Waals surface area contributed by atoms with E-state index in [9.17, 15) is 19.4 Å². The summed E-state index contributed by atoms with van der Waals surface area (Å²) < 4.78 is 59.7. The number of nitrogens with zero attached hydrogens (tertiary/aromatic N) is 23. The van der Waals surface area contributed by atoms with Gasteiger partial charge in [-0.2, -0.15) is 33.9 Å². The van der Waals surface area contributed by atoms with E-state index in [0.717, 1.165) is 236 Å². The molecule has 8 aromatic carbocycles. The number of aromatic nitrogens is 16. The summed E-state index contributed by atoms with van der Waals surface area (Å²) in [6.07, 6.45) is 30.0. The second kappa shape index (κ2) is 48.5. The van der Waals surface area contributed by atoms with Crippen LogP contribution in [0.2, 0.25) is 0 Å². The SMILES string of the molecule is CCCCN(c1cc(F)cc(OC)c1)c1ccc2ncc(-c3cnn(CCO)c3)nc2c1.COc1cc(OC)cc(N(CCCN2CCCC2)c2ccc3ncc(-c4cnn(CCO)c4)nc3c2)c1.COc1cc(OC)cc(N(CCN2CCC(C)C2)c2ccc3ncc(-c4cnn(C)c4)nc3c2)c1.COc1cc(OC)cc(N(CCN2CCC[C@H]2C(=O)O)c2ccc3ncc(-c4cnn(C)c4)nc3c2)c1.S. The van der Waals surface area contributed by atoms with Crippen molar-refractivity contribution in [2.75, 3.05) is 161 Å². The molecule has 3 aliphatic rings. The van der Waals surface area contributed by atoms with Crippen LogP contribution in [0.5, 0.6) is 40.2 Å². The third-order valence-corrected chi connectivity index (χ3v) is 25.4. The number of ether oxygens (including phenoxy) is 7. The van der Waals surface area contributed by atoms with Crippen LogP contribution in [0.15, 0.2) is 220 Å². The van der Waals surface area contributed by atoms with Gasteiger partial charge in [-0.15, -0.1) is 0 Å². The molecule has 36 heteroatoms. The standard InChI is InChI=1S/C28H34N6O3.C27H30N6O4.C27H32N6O2.C24H26FN5O2.H2S/c1-36-24-14-23(15-25(17-24)37-2)34(11-5-10-32-8-3-4-9-32)22-6-7-26-27(16-22)31-28(19-29-26)21-18-30-33(20-21)12-13-35;1-31-17-18(15-29-31)25-16-28-23-7-6-19(13-24(23)30-25)33(10-9-32-8-4-5-26(32)27(34)35)20-11-21(36-2)14-22(12-20)37-3;1-19-7-8-32(17-19)9-10-33(22-11-23(34-3)14-24(12-22)35-4)21-5-6-25-26(13-21)30-27(16-28-25)20-15-29-31(2)18-20;1-3-4-7-30(20-10-18(25)11-21(12-20)32-2)19-5-6-22-23(13-19)28-24(15-26-22)17-14-27-29(16-17)8-9-31;/h6-7,14-20,35H,3-5,8-13H2,1-2H3;6-7,11-17,26H,4-5,8-10H2,1-3H3,(H,34,35);5-6,11-16,18-19H,7-10,17H2,1-4H3;5-6,10-16,31H,3-4,7-9H2,1-2H3;1H2/t;26-;;;/m.0.../s1. The molecule has 0 amide bonds. The molecule has 3 N–H and O–H groups in total. The lowest BCUT2D eigenvalue weighted by molar-refractivity contribution is -0.142. The maximum Gasteiger partial charge on any atom is 0.320 e. The Morgan fingerprint density at radius 2 is 0.739 bits per heavy atom. The van der Waals surface area contributed by atoms with Crippen LogP contribution in [0.3, 0.4) is 0 Å². The highest BCUT2D eigenvalue weighted by molar-refractivity contribution is 7.59. The number of halogens is 1. The molecule has 742 valence electrons. The average Bonchev–Trinajstić information content (AvgIpc) is 1.28. The van der Waals surface area contributed by atoms with Crippen molar-refractivity contribution in [2.24, 2.45) is 20.0 Å². The summed E-state index contributed by atoms with van der Waals surface area (Å²) in [6, 6.07) is 46.3. The number of benzene rings is 8. The molecule has 8 aromatic heterocycles. The summed E-state index contributed by atoms with van der Waals surface area (Å²) in [5.41, 5.74) is 20.5. The number of aryl methyl sites for hydroxylation is 2. The third kappa shape index (κ3) is 25.5. The molecule has 0 saturated carbocycles. The normalized spacial score (nSPS) is 14.2. The molecule has 0 radical (unpaired) electrons. The number of hydrogen-bond donors (Lipinski definition) is 3. The first-order chi connectivity index (χ1) is 68.7. The van der Waals surface area contributed by atoms with Crippen molar-refractivity contribution in [3.05, 3.63) is 226 Å². The predicted octanol–water partition coefficient (Wildman–Crippen LogP) is 17.1. The first kappa shape index (κ1) is 102. The lowest BCUT2D eigenvalue weighted by atomic mass is 10.1. The van der Waals surface area contributed by atoms with E-state index in [0.29, 0.717) is 55.5 Å². The van der Waals surface area contributed by atoms with Gasteiger partial charge in [0.05, 0.1) is 193 Å². The Morgan fingerprint density at radius 1 is 0.380 bits per heavy atom. The van der Waals surface area contributed by atoms with Crippen molar-refractivity contribution in [1.29, 1.82) is 0 Å². The number of anilines is 8. The summed E-state index contributed by atoms with van der Waals surface area (Å²) >= 11 is 0. The third-order valence-electron chi connectivity index (χ3n) is 25.4. The van der Waals surface area contributed by atoms with E-state index in [1.165, 1.54) is 51.6 Å². The van der Waals surface area contributed by atoms with Gasteiger partial charge in [0.15, 0.2) is 0 Å². The number of methoxy groups -OCH3 is 7. The minimum absolute atomic E-state index is 0. The molecule has 2 atom stereocenters. The lowest BCUT2D eigenvalue weighted by Gasteiger charge is -2.29. The van der Waals surface area contributed by atoms with Crippen molar-refractivity contribution < 1.29 is 57.7 Å². The number of unbranched alkanes of at least 4 members (excludes halogenated alkanes) is 1. The second-order valence-electron chi connectivity index (χ2n) is 35.1. The van der Waals surface area contributed by atoms with Crippen LogP contribution in [0.4, 0.5) is 49.9 Å². The fraction of sp³-hybridized carbons (Fsp3) is 0.349. The number of hydrogen-bond acceptors (Lipinski definition) is 29. The zero-order chi connectivity index (χ0) is 98.4. The van der Waals surface area contributed by atoms with Crippen molar-refractivity contribution in [2.45, 2.75) is 84.3 Å². The first-order valence-corrected chi connectivity index (χ1v) is 47.6. The Morgan fingerprint density at radius 3 is 1.09 bits per heavy atom. The summed E-state index contributed by atoms with van der Waals surface area (Å²) in [7, 11) is 15.2. The van der Waals surface area contributed by atoms with Crippen LogP contribution in [0.1, 0.15) is 65.2 Å². The Bertz CT molecular complexity index is 6850. The van der Waals surface area contributed by atoms with E-state index in [-0.39, 0.29) is 32.5 Å². The summed E-state index contributed by atoms with van der Waals surface area (Å²) in [5, 5.41) is 45.0. The van der Waals surface area contributed by atoms with Gasteiger partial charge in [0.1, 0.15) is 52.1 Å². The van der Waals surface area contributed by atoms with E-state index in [1.807, 2.05) is 147 Å². The van der Waals surface area contributed by atoms with Crippen molar-refractivity contribution in [3.63, 3.8) is 0 Å². The number of rotatable bonds is 37. The Labute approximate surface area is 832 Å². The molecular formula is C106H124FN23O11S. The summed E-state index contributed by atoms with van der Waals surface area (Å²) in [6.45, 7) is 16.5. The van der Waals surface area contributed by atoms with Crippen molar-refractivity contribution in [1.82, 2.24) is 93.7 Å². The van der Waals surface area contributed by atoms with Gasteiger partial charge in [0.2, 0.25) is 0 Å². The van der Waals surface area contributed by atoms with Crippen molar-refractivity contribution in [3.8, 4) is 85.3 Å². The average molecular weight is 1950 g/mol. The summed E-state index contributed by atoms with van der Waals surface area (Å²) in [4.78, 5) is 65.6.